The van der Waals surface area contributed by atoms with Gasteiger partial charge >= 0.3 is 11.9 Å². The van der Waals surface area contributed by atoms with Crippen molar-refractivity contribution in [1.82, 2.24) is 5.32 Å². The summed E-state index contributed by atoms with van der Waals surface area (Å²) in [6.07, 6.45) is -0.179. The second kappa shape index (κ2) is 8.89. The van der Waals surface area contributed by atoms with E-state index in [2.05, 4.69) is 5.32 Å². The Balaban J connectivity index is 3.35. The number of ether oxygens (including phenoxy) is 2. The highest BCUT2D eigenvalue weighted by molar-refractivity contribution is 6.42. The standard InChI is InChI=1S/C16H19Cl2NO5/c1-4-23-14(21)16(19-10(3)20,15(22)24-5-2)9-11-6-7-12(17)13(18)8-11/h6-8H,4-5,9H2,1-3H3,(H,19,20). The van der Waals surface area contributed by atoms with Crippen LogP contribution in [0.25, 0.3) is 0 Å². The van der Waals surface area contributed by atoms with Gasteiger partial charge in [-0.3, -0.25) is 4.79 Å². The van der Waals surface area contributed by atoms with Gasteiger partial charge in [0.15, 0.2) is 0 Å². The fraction of sp³-hybridized carbons (Fsp3) is 0.438. The Labute approximate surface area is 150 Å². The number of carbonyl (C=O) groups excluding carboxylic acids is 3. The lowest BCUT2D eigenvalue weighted by molar-refractivity contribution is -0.168. The van der Waals surface area contributed by atoms with Gasteiger partial charge in [0.2, 0.25) is 11.4 Å². The van der Waals surface area contributed by atoms with Gasteiger partial charge in [-0.05, 0) is 31.5 Å². The van der Waals surface area contributed by atoms with Crippen molar-refractivity contribution in [2.45, 2.75) is 32.7 Å². The van der Waals surface area contributed by atoms with E-state index in [4.69, 9.17) is 32.7 Å². The number of nitrogens with one attached hydrogen (secondary N) is 1. The molecule has 1 rings (SSSR count). The van der Waals surface area contributed by atoms with E-state index in [1.807, 2.05) is 0 Å². The van der Waals surface area contributed by atoms with Crippen molar-refractivity contribution >= 4 is 41.0 Å². The van der Waals surface area contributed by atoms with Crippen LogP contribution in [0.2, 0.25) is 10.0 Å². The molecule has 24 heavy (non-hydrogen) atoms. The summed E-state index contributed by atoms with van der Waals surface area (Å²) in [6, 6.07) is 4.65. The normalized spacial score (nSPS) is 10.9. The van der Waals surface area contributed by atoms with E-state index in [9.17, 15) is 14.4 Å². The van der Waals surface area contributed by atoms with E-state index in [1.54, 1.807) is 19.9 Å². The number of esters is 2. The molecule has 0 heterocycles. The van der Waals surface area contributed by atoms with Crippen molar-refractivity contribution in [3.63, 3.8) is 0 Å². The van der Waals surface area contributed by atoms with Gasteiger partial charge in [-0.1, -0.05) is 29.3 Å². The number of carbonyl (C=O) groups is 3. The fourth-order valence-corrected chi connectivity index (χ4v) is 2.46. The maximum atomic E-state index is 12.5. The second-order valence-corrected chi connectivity index (χ2v) is 5.77. The van der Waals surface area contributed by atoms with Crippen LogP contribution in [-0.2, 0) is 30.3 Å². The molecular formula is C16H19Cl2NO5. The average molecular weight is 376 g/mol. The van der Waals surface area contributed by atoms with Gasteiger partial charge in [-0.25, -0.2) is 9.59 Å². The third-order valence-electron chi connectivity index (χ3n) is 3.09. The fourth-order valence-electron chi connectivity index (χ4n) is 2.14. The molecule has 0 aliphatic heterocycles. The van der Waals surface area contributed by atoms with E-state index < -0.39 is 23.4 Å². The van der Waals surface area contributed by atoms with Gasteiger partial charge in [0.05, 0.1) is 23.3 Å². The van der Waals surface area contributed by atoms with Crippen molar-refractivity contribution in [3.8, 4) is 0 Å². The predicted octanol–water partition coefficient (Wildman–Crippen LogP) is 2.54. The lowest BCUT2D eigenvalue weighted by atomic mass is 9.90. The smallest absolute Gasteiger partial charge is 0.344 e. The molecule has 0 radical (unpaired) electrons. The second-order valence-electron chi connectivity index (χ2n) is 4.95. The zero-order chi connectivity index (χ0) is 18.3. The number of amides is 1. The third kappa shape index (κ3) is 4.85. The molecule has 0 aliphatic carbocycles. The van der Waals surface area contributed by atoms with Crippen LogP contribution >= 0.6 is 23.2 Å². The Kier molecular flexibility index (Phi) is 7.51. The zero-order valence-corrected chi connectivity index (χ0v) is 15.2. The minimum absolute atomic E-state index is 0.0426. The Morgan fingerprint density at radius 2 is 1.58 bits per heavy atom. The summed E-state index contributed by atoms with van der Waals surface area (Å²) in [4.78, 5) is 36.6. The lowest BCUT2D eigenvalue weighted by Gasteiger charge is -2.29. The monoisotopic (exact) mass is 375 g/mol. The van der Waals surface area contributed by atoms with E-state index in [1.165, 1.54) is 19.1 Å². The van der Waals surface area contributed by atoms with E-state index in [0.29, 0.717) is 10.6 Å². The van der Waals surface area contributed by atoms with Crippen molar-refractivity contribution in [2.24, 2.45) is 0 Å². The third-order valence-corrected chi connectivity index (χ3v) is 3.83. The van der Waals surface area contributed by atoms with Gasteiger partial charge in [0.25, 0.3) is 0 Å². The van der Waals surface area contributed by atoms with Crippen LogP contribution in [0, 0.1) is 0 Å². The van der Waals surface area contributed by atoms with Crippen LogP contribution in [0.4, 0.5) is 0 Å². The first-order valence-corrected chi connectivity index (χ1v) is 8.09. The van der Waals surface area contributed by atoms with Crippen molar-refractivity contribution < 1.29 is 23.9 Å². The summed E-state index contributed by atoms with van der Waals surface area (Å²) >= 11 is 11.9. The van der Waals surface area contributed by atoms with Crippen LogP contribution in [0.1, 0.15) is 26.3 Å². The summed E-state index contributed by atoms with van der Waals surface area (Å²) in [5.41, 5.74) is -1.48. The van der Waals surface area contributed by atoms with Crippen LogP contribution in [0.5, 0.6) is 0 Å². The highest BCUT2D eigenvalue weighted by Gasteiger charge is 2.50. The molecule has 0 saturated heterocycles. The van der Waals surface area contributed by atoms with Gasteiger partial charge in [0.1, 0.15) is 0 Å². The van der Waals surface area contributed by atoms with Gasteiger partial charge in [-0.2, -0.15) is 0 Å². The minimum Gasteiger partial charge on any atom is -0.464 e. The molecule has 0 unspecified atom stereocenters. The summed E-state index contributed by atoms with van der Waals surface area (Å²) in [5.74, 6) is -2.37. The summed E-state index contributed by atoms with van der Waals surface area (Å²) < 4.78 is 9.98. The minimum atomic E-state index is -1.99. The topological polar surface area (TPSA) is 81.7 Å². The molecule has 0 saturated carbocycles. The zero-order valence-electron chi connectivity index (χ0n) is 13.7. The Hall–Kier alpha value is -1.79. The molecule has 1 aromatic carbocycles. The van der Waals surface area contributed by atoms with E-state index >= 15 is 0 Å². The first kappa shape index (κ1) is 20.3. The van der Waals surface area contributed by atoms with Crippen LogP contribution in [-0.4, -0.2) is 36.6 Å². The molecule has 1 N–H and O–H groups in total. The highest BCUT2D eigenvalue weighted by Crippen LogP contribution is 2.26. The Morgan fingerprint density at radius 3 is 2.00 bits per heavy atom. The molecule has 1 amide bonds. The molecule has 1 aromatic rings. The molecule has 0 aliphatic rings. The molecule has 0 fully saturated rings. The van der Waals surface area contributed by atoms with E-state index in [0.717, 1.165) is 0 Å². The van der Waals surface area contributed by atoms with Gasteiger partial charge in [0, 0.05) is 13.3 Å². The molecule has 8 heteroatoms. The SMILES string of the molecule is CCOC(=O)C(Cc1ccc(Cl)c(Cl)c1)(NC(C)=O)C(=O)OCC. The molecular weight excluding hydrogens is 357 g/mol. The van der Waals surface area contributed by atoms with Crippen molar-refractivity contribution in [2.75, 3.05) is 13.2 Å². The molecule has 0 atom stereocenters. The van der Waals surface area contributed by atoms with E-state index in [-0.39, 0.29) is 24.7 Å². The lowest BCUT2D eigenvalue weighted by Crippen LogP contribution is -2.62. The molecule has 132 valence electrons. The molecule has 0 bridgehead atoms. The van der Waals surface area contributed by atoms with Crippen molar-refractivity contribution in [1.29, 1.82) is 0 Å². The maximum Gasteiger partial charge on any atom is 0.344 e. The summed E-state index contributed by atoms with van der Waals surface area (Å²) in [6.45, 7) is 4.48. The first-order chi connectivity index (χ1) is 11.3. The number of halogens is 2. The van der Waals surface area contributed by atoms with Crippen LogP contribution in [0.15, 0.2) is 18.2 Å². The van der Waals surface area contributed by atoms with Gasteiger partial charge < -0.3 is 14.8 Å². The highest BCUT2D eigenvalue weighted by atomic mass is 35.5. The summed E-state index contributed by atoms with van der Waals surface area (Å²) in [7, 11) is 0. The van der Waals surface area contributed by atoms with Crippen molar-refractivity contribution in [3.05, 3.63) is 33.8 Å². The first-order valence-electron chi connectivity index (χ1n) is 7.34. The van der Waals surface area contributed by atoms with Gasteiger partial charge in [-0.15, -0.1) is 0 Å². The molecule has 6 nitrogen and oxygen atoms in total. The molecule has 0 spiro atoms. The average Bonchev–Trinajstić information content (AvgIpc) is 2.50. The Morgan fingerprint density at radius 1 is 1.04 bits per heavy atom. The predicted molar refractivity (Wildman–Crippen MR) is 90.0 cm³/mol. The van der Waals surface area contributed by atoms with Crippen LogP contribution < -0.4 is 5.32 Å². The summed E-state index contributed by atoms with van der Waals surface area (Å²) in [5, 5.41) is 2.97. The number of hydrogen-bond acceptors (Lipinski definition) is 5. The Bertz CT molecular complexity index is 615. The quantitative estimate of drug-likeness (QED) is 0.584. The largest absolute Gasteiger partial charge is 0.464 e. The molecule has 0 aromatic heterocycles. The maximum absolute atomic E-state index is 12.5. The number of hydrogen-bond donors (Lipinski definition) is 1. The number of rotatable bonds is 7. The van der Waals surface area contributed by atoms with Crippen LogP contribution in [0.3, 0.4) is 0 Å². The number of benzene rings is 1.